The van der Waals surface area contributed by atoms with E-state index in [1.54, 1.807) is 25.5 Å². The molecule has 0 saturated heterocycles. The van der Waals surface area contributed by atoms with Gasteiger partial charge in [-0.1, -0.05) is 42.5 Å². The molecule has 0 atom stereocenters. The fourth-order valence-corrected chi connectivity index (χ4v) is 3.09. The summed E-state index contributed by atoms with van der Waals surface area (Å²) in [5.41, 5.74) is 1.40. The molecule has 3 aromatic carbocycles. The summed E-state index contributed by atoms with van der Waals surface area (Å²) in [4.78, 5) is 0. The molecule has 4 aromatic rings. The minimum atomic E-state index is -0.354. The highest BCUT2D eigenvalue weighted by molar-refractivity contribution is 7.71. The lowest BCUT2D eigenvalue weighted by Crippen LogP contribution is -1.98. The highest BCUT2D eigenvalue weighted by Gasteiger charge is 2.10. The van der Waals surface area contributed by atoms with Gasteiger partial charge in [0.25, 0.3) is 0 Å². The third-order valence-electron chi connectivity index (χ3n) is 4.19. The van der Waals surface area contributed by atoms with Crippen molar-refractivity contribution in [1.82, 2.24) is 14.9 Å². The Morgan fingerprint density at radius 2 is 2.00 bits per heavy atom. The summed E-state index contributed by atoms with van der Waals surface area (Å²) in [7, 11) is 1.61. The van der Waals surface area contributed by atoms with E-state index in [-0.39, 0.29) is 5.82 Å². The number of methoxy groups -OCH3 is 1. The molecule has 0 saturated carbocycles. The smallest absolute Gasteiger partial charge is 0.216 e. The first kappa shape index (κ1) is 17.1. The number of hydrogen-bond acceptors (Lipinski definition) is 4. The number of nitrogens with one attached hydrogen (secondary N) is 1. The molecule has 5 nitrogen and oxygen atoms in total. The molecule has 1 heterocycles. The summed E-state index contributed by atoms with van der Waals surface area (Å²) >= 11 is 5.28. The molecule has 0 bridgehead atoms. The second kappa shape index (κ2) is 7.13. The Kier molecular flexibility index (Phi) is 4.52. The van der Waals surface area contributed by atoms with Crippen LogP contribution in [0.15, 0.2) is 65.8 Å². The summed E-state index contributed by atoms with van der Waals surface area (Å²) in [6, 6.07) is 18.0. The summed E-state index contributed by atoms with van der Waals surface area (Å²) < 4.78 is 20.8. The standard InChI is InChI=1S/C20H15FN4OS/c1-26-18-10-9-13-5-2-3-8-16(13)17(18)12-22-25-19(23-24-20(25)27)14-6-4-7-15(21)11-14/h2-12H,1H3,(H,24,27). The number of hydrogen-bond donors (Lipinski definition) is 1. The van der Waals surface area contributed by atoms with Gasteiger partial charge in [-0.25, -0.2) is 9.49 Å². The SMILES string of the molecule is COc1ccc2ccccc2c1C=Nn1c(-c2cccc(F)c2)n[nH]c1=S. The van der Waals surface area contributed by atoms with E-state index in [9.17, 15) is 4.39 Å². The van der Waals surface area contributed by atoms with Gasteiger partial charge >= 0.3 is 0 Å². The number of H-pyrrole nitrogens is 1. The maximum absolute atomic E-state index is 13.6. The van der Waals surface area contributed by atoms with Crippen LogP contribution in [0.3, 0.4) is 0 Å². The number of benzene rings is 3. The summed E-state index contributed by atoms with van der Waals surface area (Å²) in [5, 5.41) is 13.4. The lowest BCUT2D eigenvalue weighted by Gasteiger charge is -2.08. The molecule has 134 valence electrons. The molecule has 0 unspecified atom stereocenters. The molecular formula is C20H15FN4OS. The Hall–Kier alpha value is -3.32. The van der Waals surface area contributed by atoms with Crippen molar-refractivity contribution in [2.75, 3.05) is 7.11 Å². The number of ether oxygens (including phenoxy) is 1. The third-order valence-corrected chi connectivity index (χ3v) is 4.45. The second-order valence-corrected chi connectivity index (χ2v) is 6.21. The molecule has 0 spiro atoms. The predicted molar refractivity (Wildman–Crippen MR) is 106 cm³/mol. The first-order chi connectivity index (χ1) is 13.2. The van der Waals surface area contributed by atoms with Crippen LogP contribution in [0.4, 0.5) is 4.39 Å². The molecule has 1 N–H and O–H groups in total. The Balaban J connectivity index is 1.85. The van der Waals surface area contributed by atoms with E-state index in [1.807, 2.05) is 36.4 Å². The van der Waals surface area contributed by atoms with E-state index in [0.717, 1.165) is 16.3 Å². The molecule has 0 aliphatic carbocycles. The zero-order valence-electron chi connectivity index (χ0n) is 14.4. The predicted octanol–water partition coefficient (Wildman–Crippen LogP) is 4.79. The Morgan fingerprint density at radius 1 is 1.15 bits per heavy atom. The lowest BCUT2D eigenvalue weighted by atomic mass is 10.0. The van der Waals surface area contributed by atoms with Crippen molar-refractivity contribution >= 4 is 29.2 Å². The van der Waals surface area contributed by atoms with Crippen LogP contribution in [-0.4, -0.2) is 28.2 Å². The molecule has 27 heavy (non-hydrogen) atoms. The molecule has 0 amide bonds. The number of aromatic nitrogens is 3. The Morgan fingerprint density at radius 3 is 2.81 bits per heavy atom. The van der Waals surface area contributed by atoms with Gasteiger partial charge in [-0.05, 0) is 41.2 Å². The summed E-state index contributed by atoms with van der Waals surface area (Å²) in [5.74, 6) is 0.766. The molecule has 0 aliphatic rings. The maximum atomic E-state index is 13.6. The van der Waals surface area contributed by atoms with Crippen LogP contribution in [0, 0.1) is 10.6 Å². The van der Waals surface area contributed by atoms with Crippen LogP contribution in [0.1, 0.15) is 5.56 Å². The highest BCUT2D eigenvalue weighted by Crippen LogP contribution is 2.27. The first-order valence-corrected chi connectivity index (χ1v) is 8.61. The van der Waals surface area contributed by atoms with Gasteiger partial charge in [0, 0.05) is 11.1 Å². The van der Waals surface area contributed by atoms with Crippen LogP contribution < -0.4 is 4.74 Å². The zero-order chi connectivity index (χ0) is 18.8. The molecule has 1 aromatic heterocycles. The van der Waals surface area contributed by atoms with Crippen LogP contribution in [0.25, 0.3) is 22.2 Å². The van der Waals surface area contributed by atoms with Gasteiger partial charge in [-0.15, -0.1) is 0 Å². The van der Waals surface area contributed by atoms with Crippen molar-refractivity contribution in [2.24, 2.45) is 5.10 Å². The van der Waals surface area contributed by atoms with Crippen LogP contribution in [-0.2, 0) is 0 Å². The Labute approximate surface area is 159 Å². The first-order valence-electron chi connectivity index (χ1n) is 8.21. The minimum absolute atomic E-state index is 0.310. The molecule has 4 rings (SSSR count). The summed E-state index contributed by atoms with van der Waals surface area (Å²) in [6.07, 6.45) is 1.68. The topological polar surface area (TPSA) is 55.2 Å². The van der Waals surface area contributed by atoms with E-state index in [4.69, 9.17) is 17.0 Å². The second-order valence-electron chi connectivity index (χ2n) is 5.82. The molecule has 0 radical (unpaired) electrons. The van der Waals surface area contributed by atoms with E-state index in [0.29, 0.717) is 21.9 Å². The van der Waals surface area contributed by atoms with E-state index in [1.165, 1.54) is 16.8 Å². The van der Waals surface area contributed by atoms with Crippen molar-refractivity contribution in [2.45, 2.75) is 0 Å². The molecular weight excluding hydrogens is 363 g/mol. The molecule has 7 heteroatoms. The van der Waals surface area contributed by atoms with Crippen molar-refractivity contribution < 1.29 is 9.13 Å². The average molecular weight is 378 g/mol. The zero-order valence-corrected chi connectivity index (χ0v) is 15.2. The van der Waals surface area contributed by atoms with Crippen molar-refractivity contribution in [1.29, 1.82) is 0 Å². The van der Waals surface area contributed by atoms with Gasteiger partial charge in [0.05, 0.1) is 13.3 Å². The van der Waals surface area contributed by atoms with Crippen molar-refractivity contribution in [3.8, 4) is 17.1 Å². The van der Waals surface area contributed by atoms with Crippen LogP contribution in [0.2, 0.25) is 0 Å². The highest BCUT2D eigenvalue weighted by atomic mass is 32.1. The normalized spacial score (nSPS) is 11.3. The Bertz CT molecular complexity index is 1210. The minimum Gasteiger partial charge on any atom is -0.496 e. The average Bonchev–Trinajstić information content (AvgIpc) is 3.06. The van der Waals surface area contributed by atoms with Gasteiger partial charge in [-0.3, -0.25) is 0 Å². The fraction of sp³-hybridized carbons (Fsp3) is 0.0500. The van der Waals surface area contributed by atoms with E-state index < -0.39 is 0 Å². The van der Waals surface area contributed by atoms with Crippen LogP contribution >= 0.6 is 12.2 Å². The van der Waals surface area contributed by atoms with Gasteiger partial charge in [0.1, 0.15) is 11.6 Å². The monoisotopic (exact) mass is 378 g/mol. The van der Waals surface area contributed by atoms with Gasteiger partial charge in [0.2, 0.25) is 4.77 Å². The number of halogens is 1. The van der Waals surface area contributed by atoms with Gasteiger partial charge in [0.15, 0.2) is 5.82 Å². The number of aromatic amines is 1. The quantitative estimate of drug-likeness (QED) is 0.410. The third kappa shape index (κ3) is 3.24. The number of nitrogens with zero attached hydrogens (tertiary/aromatic N) is 3. The van der Waals surface area contributed by atoms with Gasteiger partial charge in [-0.2, -0.15) is 14.9 Å². The van der Waals surface area contributed by atoms with Crippen molar-refractivity contribution in [3.63, 3.8) is 0 Å². The van der Waals surface area contributed by atoms with E-state index >= 15 is 0 Å². The fourth-order valence-electron chi connectivity index (χ4n) is 2.92. The molecule has 0 aliphatic heterocycles. The molecule has 0 fully saturated rings. The number of rotatable bonds is 4. The number of fused-ring (bicyclic) bond motifs is 1. The summed E-state index contributed by atoms with van der Waals surface area (Å²) in [6.45, 7) is 0. The maximum Gasteiger partial charge on any atom is 0.216 e. The largest absolute Gasteiger partial charge is 0.496 e. The van der Waals surface area contributed by atoms with Gasteiger partial charge < -0.3 is 4.74 Å². The van der Waals surface area contributed by atoms with E-state index in [2.05, 4.69) is 15.3 Å². The van der Waals surface area contributed by atoms with Crippen molar-refractivity contribution in [3.05, 3.63) is 76.8 Å². The lowest BCUT2D eigenvalue weighted by molar-refractivity contribution is 0.415. The van der Waals surface area contributed by atoms with Crippen LogP contribution in [0.5, 0.6) is 5.75 Å².